The second-order valence-corrected chi connectivity index (χ2v) is 7.15. The van der Waals surface area contributed by atoms with Crippen molar-refractivity contribution in [3.05, 3.63) is 28.8 Å². The van der Waals surface area contributed by atoms with Gasteiger partial charge in [0.25, 0.3) is 0 Å². The molecule has 4 amide bonds. The van der Waals surface area contributed by atoms with Crippen molar-refractivity contribution < 1.29 is 19.3 Å². The molecule has 7 nitrogen and oxygen atoms in total. The van der Waals surface area contributed by atoms with E-state index in [4.69, 9.17) is 11.6 Å². The van der Waals surface area contributed by atoms with E-state index >= 15 is 0 Å². The first kappa shape index (κ1) is 15.4. The summed E-state index contributed by atoms with van der Waals surface area (Å²) in [4.78, 5) is 40.5. The lowest BCUT2D eigenvalue weighted by Crippen LogP contribution is -3.14. The average Bonchev–Trinajstić information content (AvgIpc) is 2.52. The van der Waals surface area contributed by atoms with Crippen molar-refractivity contribution >= 4 is 35.1 Å². The minimum Gasteiger partial charge on any atom is -0.355 e. The van der Waals surface area contributed by atoms with Crippen LogP contribution in [0.15, 0.2) is 18.2 Å². The maximum Gasteiger partial charge on any atom is 0.328 e. The van der Waals surface area contributed by atoms with E-state index in [1.165, 1.54) is 4.90 Å². The van der Waals surface area contributed by atoms with Gasteiger partial charge in [0.1, 0.15) is 6.04 Å². The summed E-state index contributed by atoms with van der Waals surface area (Å²) >= 11 is 6.37. The molecule has 3 N–H and O–H groups in total. The quantitative estimate of drug-likeness (QED) is 0.522. The Kier molecular flexibility index (Phi) is 3.33. The SMILES string of the molecule is C[NH+]1CCN2c3cccc(Cl)c3CC3(C(=O)NC(=O)NC3=O)[C@@H]2C1. The number of carbonyl (C=O) groups is 3. The van der Waals surface area contributed by atoms with Crippen molar-refractivity contribution in [1.29, 1.82) is 0 Å². The zero-order chi connectivity index (χ0) is 17.1. The molecule has 4 rings (SSSR count). The number of carbonyl (C=O) groups excluding carboxylic acids is 3. The molecule has 0 radical (unpaired) electrons. The number of urea groups is 1. The first-order valence-electron chi connectivity index (χ1n) is 7.95. The van der Waals surface area contributed by atoms with Crippen LogP contribution in [-0.4, -0.2) is 50.6 Å². The molecule has 3 aliphatic heterocycles. The fraction of sp³-hybridized carbons (Fsp3) is 0.438. The number of anilines is 1. The fourth-order valence-corrected chi connectivity index (χ4v) is 4.39. The van der Waals surface area contributed by atoms with Crippen LogP contribution in [-0.2, 0) is 16.0 Å². The van der Waals surface area contributed by atoms with Crippen LogP contribution in [0, 0.1) is 5.41 Å². The lowest BCUT2D eigenvalue weighted by atomic mass is 9.68. The van der Waals surface area contributed by atoms with Gasteiger partial charge in [-0.25, -0.2) is 4.79 Å². The lowest BCUT2D eigenvalue weighted by Gasteiger charge is -2.52. The number of piperazine rings is 1. The number of fused-ring (bicyclic) bond motifs is 4. The summed E-state index contributed by atoms with van der Waals surface area (Å²) in [6, 6.07) is 4.55. The van der Waals surface area contributed by atoms with Crippen molar-refractivity contribution in [1.82, 2.24) is 10.6 Å². The van der Waals surface area contributed by atoms with E-state index < -0.39 is 23.3 Å². The van der Waals surface area contributed by atoms with E-state index in [-0.39, 0.29) is 12.5 Å². The molecule has 1 aromatic rings. The Labute approximate surface area is 143 Å². The summed E-state index contributed by atoms with van der Waals surface area (Å²) in [7, 11) is 2.04. The predicted molar refractivity (Wildman–Crippen MR) is 87.0 cm³/mol. The number of amides is 4. The van der Waals surface area contributed by atoms with Crippen LogP contribution in [0.25, 0.3) is 0 Å². The number of hydrogen-bond acceptors (Lipinski definition) is 4. The smallest absolute Gasteiger partial charge is 0.328 e. The highest BCUT2D eigenvalue weighted by atomic mass is 35.5. The van der Waals surface area contributed by atoms with Gasteiger partial charge in [-0.2, -0.15) is 0 Å². The van der Waals surface area contributed by atoms with Gasteiger partial charge in [0.05, 0.1) is 26.7 Å². The molecule has 1 unspecified atom stereocenters. The molecular formula is C16H18ClN4O3+. The van der Waals surface area contributed by atoms with Crippen molar-refractivity contribution in [2.45, 2.75) is 12.5 Å². The summed E-state index contributed by atoms with van der Waals surface area (Å²) in [5, 5.41) is 5.10. The highest BCUT2D eigenvalue weighted by Crippen LogP contribution is 2.45. The van der Waals surface area contributed by atoms with E-state index in [1.807, 2.05) is 19.2 Å². The zero-order valence-corrected chi connectivity index (χ0v) is 13.9. The van der Waals surface area contributed by atoms with Crippen LogP contribution in [0.2, 0.25) is 5.02 Å². The molecule has 2 fully saturated rings. The van der Waals surface area contributed by atoms with Crippen LogP contribution in [0.4, 0.5) is 10.5 Å². The summed E-state index contributed by atoms with van der Waals surface area (Å²) in [6.07, 6.45) is 0.196. The Balaban J connectivity index is 1.91. The lowest BCUT2D eigenvalue weighted by molar-refractivity contribution is -0.883. The molecule has 3 aliphatic rings. The van der Waals surface area contributed by atoms with Crippen LogP contribution < -0.4 is 20.4 Å². The Hall–Kier alpha value is -2.12. The number of hydrogen-bond donors (Lipinski definition) is 3. The molecule has 3 heterocycles. The molecule has 1 spiro atoms. The number of benzene rings is 1. The van der Waals surface area contributed by atoms with E-state index in [9.17, 15) is 14.4 Å². The van der Waals surface area contributed by atoms with Gasteiger partial charge < -0.3 is 9.80 Å². The summed E-state index contributed by atoms with van der Waals surface area (Å²) in [6.45, 7) is 2.27. The number of likely N-dealkylation sites (N-methyl/N-ethyl adjacent to an activating group) is 1. The monoisotopic (exact) mass is 349 g/mol. The van der Waals surface area contributed by atoms with E-state index in [0.717, 1.165) is 24.3 Å². The predicted octanol–water partition coefficient (Wildman–Crippen LogP) is -1.05. The molecule has 2 atom stereocenters. The van der Waals surface area contributed by atoms with E-state index in [2.05, 4.69) is 15.5 Å². The summed E-state index contributed by atoms with van der Waals surface area (Å²) in [5.74, 6) is -1.07. The van der Waals surface area contributed by atoms with Crippen molar-refractivity contribution in [2.75, 3.05) is 31.6 Å². The second kappa shape index (κ2) is 5.19. The Morgan fingerprint density at radius 3 is 2.67 bits per heavy atom. The van der Waals surface area contributed by atoms with Gasteiger partial charge in [-0.1, -0.05) is 17.7 Å². The molecule has 1 aromatic carbocycles. The molecule has 0 bridgehead atoms. The number of imide groups is 2. The molecule has 0 aliphatic carbocycles. The van der Waals surface area contributed by atoms with Gasteiger partial charge in [-0.05, 0) is 17.7 Å². The third-order valence-electron chi connectivity index (χ3n) is 5.39. The summed E-state index contributed by atoms with van der Waals surface area (Å²) < 4.78 is 0. The number of barbiturate groups is 1. The molecule has 24 heavy (non-hydrogen) atoms. The molecule has 126 valence electrons. The van der Waals surface area contributed by atoms with Crippen molar-refractivity contribution in [2.24, 2.45) is 5.41 Å². The van der Waals surface area contributed by atoms with Crippen LogP contribution >= 0.6 is 11.6 Å². The van der Waals surface area contributed by atoms with Crippen molar-refractivity contribution in [3.8, 4) is 0 Å². The van der Waals surface area contributed by atoms with Crippen LogP contribution in [0.3, 0.4) is 0 Å². The van der Waals surface area contributed by atoms with Gasteiger partial charge in [0, 0.05) is 17.1 Å². The van der Waals surface area contributed by atoms with Gasteiger partial charge in [-0.3, -0.25) is 20.2 Å². The normalized spacial score (nSPS) is 28.1. The van der Waals surface area contributed by atoms with E-state index in [0.29, 0.717) is 11.6 Å². The Bertz CT molecular complexity index is 746. The molecule has 8 heteroatoms. The zero-order valence-electron chi connectivity index (χ0n) is 13.2. The number of quaternary nitrogens is 1. The summed E-state index contributed by atoms with van der Waals surface area (Å²) in [5.41, 5.74) is 0.422. The average molecular weight is 350 g/mol. The third kappa shape index (κ3) is 1.98. The van der Waals surface area contributed by atoms with Crippen LogP contribution in [0.5, 0.6) is 0 Å². The Morgan fingerprint density at radius 2 is 1.96 bits per heavy atom. The van der Waals surface area contributed by atoms with Gasteiger partial charge in [-0.15, -0.1) is 0 Å². The highest BCUT2D eigenvalue weighted by molar-refractivity contribution is 6.32. The minimum absolute atomic E-state index is 0.196. The molecule has 0 aromatic heterocycles. The van der Waals surface area contributed by atoms with Crippen LogP contribution in [0.1, 0.15) is 5.56 Å². The van der Waals surface area contributed by atoms with Gasteiger partial charge in [0.15, 0.2) is 5.41 Å². The van der Waals surface area contributed by atoms with E-state index in [1.54, 1.807) is 6.07 Å². The highest BCUT2D eigenvalue weighted by Gasteiger charge is 2.61. The third-order valence-corrected chi connectivity index (χ3v) is 5.74. The maximum absolute atomic E-state index is 12.8. The van der Waals surface area contributed by atoms with Gasteiger partial charge >= 0.3 is 6.03 Å². The van der Waals surface area contributed by atoms with Crippen molar-refractivity contribution in [3.63, 3.8) is 0 Å². The molecule has 0 saturated carbocycles. The largest absolute Gasteiger partial charge is 0.355 e. The maximum atomic E-state index is 12.8. The number of nitrogens with zero attached hydrogens (tertiary/aromatic N) is 1. The number of nitrogens with one attached hydrogen (secondary N) is 3. The first-order chi connectivity index (χ1) is 11.4. The number of rotatable bonds is 0. The second-order valence-electron chi connectivity index (χ2n) is 6.74. The Morgan fingerprint density at radius 1 is 1.25 bits per heavy atom. The fourth-order valence-electron chi connectivity index (χ4n) is 4.15. The minimum atomic E-state index is -1.34. The van der Waals surface area contributed by atoms with Gasteiger partial charge in [0.2, 0.25) is 11.8 Å². The standard InChI is InChI=1S/C16H17ClN4O3/c1-20-5-6-21-11-4-2-3-10(17)9(11)7-16(12(21)8-20)13(22)18-15(24)19-14(16)23/h2-4,12H,5-8H2,1H3,(H2,18,19,22,23,24)/p+1/t12-/m0/s1. The topological polar surface area (TPSA) is 82.9 Å². The molecule has 2 saturated heterocycles. The first-order valence-corrected chi connectivity index (χ1v) is 8.33. The molecular weight excluding hydrogens is 332 g/mol. The number of halogens is 1.